The molecule has 1 heterocycles. The van der Waals surface area contributed by atoms with E-state index in [0.29, 0.717) is 12.1 Å². The van der Waals surface area contributed by atoms with Crippen LogP contribution in [0.15, 0.2) is 12.1 Å². The Balaban J connectivity index is 2.40. The smallest absolute Gasteiger partial charge is 0.126 e. The summed E-state index contributed by atoms with van der Waals surface area (Å²) in [5.74, 6) is -0.119. The van der Waals surface area contributed by atoms with Crippen LogP contribution in [-0.2, 0) is 0 Å². The van der Waals surface area contributed by atoms with Crippen molar-refractivity contribution in [2.75, 3.05) is 32.1 Å². The van der Waals surface area contributed by atoms with Crippen molar-refractivity contribution in [3.8, 4) is 0 Å². The number of likely N-dealkylation sites (N-methyl/N-ethyl adjacent to an activating group) is 1. The first kappa shape index (κ1) is 16.2. The summed E-state index contributed by atoms with van der Waals surface area (Å²) in [5.41, 5.74) is 2.93. The lowest BCUT2D eigenvalue weighted by atomic mass is 10.00. The first-order chi connectivity index (χ1) is 9.85. The van der Waals surface area contributed by atoms with Crippen LogP contribution in [-0.4, -0.2) is 44.2 Å². The molecule has 0 amide bonds. The summed E-state index contributed by atoms with van der Waals surface area (Å²) in [4.78, 5) is 4.82. The minimum Gasteiger partial charge on any atom is -0.368 e. The summed E-state index contributed by atoms with van der Waals surface area (Å²) < 4.78 is 14.0. The number of hydrogen-bond donors (Lipinski definition) is 1. The highest BCUT2D eigenvalue weighted by Gasteiger charge is 2.28. The Morgan fingerprint density at radius 1 is 1.24 bits per heavy atom. The molecule has 1 aliphatic heterocycles. The van der Waals surface area contributed by atoms with Crippen molar-refractivity contribution in [2.24, 2.45) is 0 Å². The van der Waals surface area contributed by atoms with Crippen molar-refractivity contribution < 1.29 is 4.39 Å². The molecule has 1 aromatic rings. The third-order valence-electron chi connectivity index (χ3n) is 4.91. The zero-order valence-electron chi connectivity index (χ0n) is 14.1. The molecule has 0 aromatic heterocycles. The Morgan fingerprint density at radius 3 is 2.33 bits per heavy atom. The topological polar surface area (TPSA) is 18.5 Å². The molecule has 1 N–H and O–H groups in total. The van der Waals surface area contributed by atoms with E-state index in [0.717, 1.165) is 24.2 Å². The number of nitrogens with zero attached hydrogens (tertiary/aromatic N) is 2. The summed E-state index contributed by atoms with van der Waals surface area (Å²) in [7, 11) is 4.10. The van der Waals surface area contributed by atoms with Gasteiger partial charge in [0.2, 0.25) is 0 Å². The molecule has 118 valence electrons. The van der Waals surface area contributed by atoms with E-state index in [2.05, 4.69) is 42.9 Å². The summed E-state index contributed by atoms with van der Waals surface area (Å²) >= 11 is 0. The molecule has 1 fully saturated rings. The number of rotatable bonds is 3. The Morgan fingerprint density at radius 2 is 1.81 bits per heavy atom. The van der Waals surface area contributed by atoms with Crippen LogP contribution in [0.1, 0.15) is 37.9 Å². The van der Waals surface area contributed by atoms with E-state index >= 15 is 0 Å². The van der Waals surface area contributed by atoms with Gasteiger partial charge in [-0.2, -0.15) is 0 Å². The average molecular weight is 293 g/mol. The fraction of sp³-hybridized carbons (Fsp3) is 0.647. The first-order valence-corrected chi connectivity index (χ1v) is 7.79. The Kier molecular flexibility index (Phi) is 4.89. The van der Waals surface area contributed by atoms with Crippen LogP contribution in [0.2, 0.25) is 0 Å². The largest absolute Gasteiger partial charge is 0.368 e. The normalized spacial score (nSPS) is 25.2. The van der Waals surface area contributed by atoms with E-state index in [9.17, 15) is 4.39 Å². The second kappa shape index (κ2) is 6.32. The highest BCUT2D eigenvalue weighted by Crippen LogP contribution is 2.31. The molecule has 1 aliphatic rings. The van der Waals surface area contributed by atoms with E-state index in [1.807, 2.05) is 20.0 Å². The van der Waals surface area contributed by atoms with Gasteiger partial charge in [-0.25, -0.2) is 4.39 Å². The van der Waals surface area contributed by atoms with Crippen LogP contribution in [0.5, 0.6) is 0 Å². The number of benzene rings is 1. The quantitative estimate of drug-likeness (QED) is 0.924. The minimum atomic E-state index is -0.119. The Labute approximate surface area is 128 Å². The lowest BCUT2D eigenvalue weighted by molar-refractivity contribution is 0.170. The van der Waals surface area contributed by atoms with Crippen molar-refractivity contribution >= 4 is 5.69 Å². The molecule has 21 heavy (non-hydrogen) atoms. The molecule has 0 bridgehead atoms. The summed E-state index contributed by atoms with van der Waals surface area (Å²) in [6.07, 6.45) is 0. The molecule has 4 heteroatoms. The molecule has 0 aliphatic carbocycles. The lowest BCUT2D eigenvalue weighted by Gasteiger charge is -2.44. The highest BCUT2D eigenvalue weighted by atomic mass is 19.1. The van der Waals surface area contributed by atoms with Crippen LogP contribution in [0, 0.1) is 12.7 Å². The molecule has 3 nitrogen and oxygen atoms in total. The second-order valence-corrected chi connectivity index (χ2v) is 6.44. The molecule has 2 rings (SSSR count). The number of piperazine rings is 1. The number of halogens is 1. The number of aryl methyl sites for hydroxylation is 1. The summed E-state index contributed by atoms with van der Waals surface area (Å²) in [5, 5.41) is 3.23. The van der Waals surface area contributed by atoms with E-state index in [1.54, 1.807) is 6.07 Å². The van der Waals surface area contributed by atoms with Crippen molar-refractivity contribution in [2.45, 2.75) is 45.8 Å². The van der Waals surface area contributed by atoms with E-state index in [1.165, 1.54) is 5.69 Å². The number of hydrogen-bond acceptors (Lipinski definition) is 3. The highest BCUT2D eigenvalue weighted by molar-refractivity contribution is 5.57. The van der Waals surface area contributed by atoms with E-state index in [4.69, 9.17) is 0 Å². The van der Waals surface area contributed by atoms with Gasteiger partial charge in [-0.1, -0.05) is 0 Å². The van der Waals surface area contributed by atoms with Gasteiger partial charge in [0.15, 0.2) is 0 Å². The minimum absolute atomic E-state index is 0.119. The third kappa shape index (κ3) is 3.22. The SMILES string of the molecule is CNC(C)c1cc(F)c(C)cc1N1CC(C)N(C)C(C)C1. The number of nitrogens with one attached hydrogen (secondary N) is 1. The third-order valence-corrected chi connectivity index (χ3v) is 4.91. The predicted molar refractivity (Wildman–Crippen MR) is 87.5 cm³/mol. The second-order valence-electron chi connectivity index (χ2n) is 6.44. The molecule has 1 aromatic carbocycles. The summed E-state index contributed by atoms with van der Waals surface area (Å²) in [6, 6.07) is 4.83. The average Bonchev–Trinajstić information content (AvgIpc) is 2.45. The molecule has 1 saturated heterocycles. The first-order valence-electron chi connectivity index (χ1n) is 7.79. The fourth-order valence-electron chi connectivity index (χ4n) is 3.06. The van der Waals surface area contributed by atoms with Crippen molar-refractivity contribution in [3.63, 3.8) is 0 Å². The lowest BCUT2D eigenvalue weighted by Crippen LogP contribution is -2.55. The molecular formula is C17H28FN3. The Hall–Kier alpha value is -1.13. The maximum Gasteiger partial charge on any atom is 0.126 e. The Bertz CT molecular complexity index is 491. The summed E-state index contributed by atoms with van der Waals surface area (Å²) in [6.45, 7) is 10.4. The predicted octanol–water partition coefficient (Wildman–Crippen LogP) is 2.94. The van der Waals surface area contributed by atoms with Crippen molar-refractivity contribution in [1.29, 1.82) is 0 Å². The fourth-order valence-corrected chi connectivity index (χ4v) is 3.06. The van der Waals surface area contributed by atoms with Gasteiger partial charge in [0, 0.05) is 36.9 Å². The molecule has 0 spiro atoms. The van der Waals surface area contributed by atoms with E-state index in [-0.39, 0.29) is 11.9 Å². The van der Waals surface area contributed by atoms with Crippen LogP contribution < -0.4 is 10.2 Å². The van der Waals surface area contributed by atoms with Gasteiger partial charge in [-0.15, -0.1) is 0 Å². The van der Waals surface area contributed by atoms with Crippen molar-refractivity contribution in [1.82, 2.24) is 10.2 Å². The van der Waals surface area contributed by atoms with Crippen LogP contribution in [0.4, 0.5) is 10.1 Å². The monoisotopic (exact) mass is 293 g/mol. The van der Waals surface area contributed by atoms with Gasteiger partial charge in [-0.05, 0) is 65.0 Å². The zero-order chi connectivity index (χ0) is 15.7. The standard InChI is InChI=1S/C17H28FN3/c1-11-7-17(15(8-16(11)18)14(4)19-5)21-9-12(2)20(6)13(3)10-21/h7-8,12-14,19H,9-10H2,1-6H3. The van der Waals surface area contributed by atoms with Crippen LogP contribution in [0.3, 0.4) is 0 Å². The van der Waals surface area contributed by atoms with Crippen LogP contribution >= 0.6 is 0 Å². The molecular weight excluding hydrogens is 265 g/mol. The van der Waals surface area contributed by atoms with Gasteiger partial charge in [0.05, 0.1) is 0 Å². The molecule has 3 atom stereocenters. The van der Waals surface area contributed by atoms with E-state index < -0.39 is 0 Å². The van der Waals surface area contributed by atoms with Crippen molar-refractivity contribution in [3.05, 3.63) is 29.1 Å². The van der Waals surface area contributed by atoms with Gasteiger partial charge in [0.1, 0.15) is 5.82 Å². The molecule has 3 unspecified atom stereocenters. The molecule has 0 radical (unpaired) electrons. The van der Waals surface area contributed by atoms with Gasteiger partial charge in [-0.3, -0.25) is 4.90 Å². The number of anilines is 1. The maximum atomic E-state index is 14.0. The molecule has 0 saturated carbocycles. The van der Waals surface area contributed by atoms with Gasteiger partial charge in [0.25, 0.3) is 0 Å². The van der Waals surface area contributed by atoms with Gasteiger partial charge < -0.3 is 10.2 Å². The zero-order valence-corrected chi connectivity index (χ0v) is 14.1. The van der Waals surface area contributed by atoms with Gasteiger partial charge >= 0.3 is 0 Å². The van der Waals surface area contributed by atoms with Crippen LogP contribution in [0.25, 0.3) is 0 Å². The maximum absolute atomic E-state index is 14.0.